The van der Waals surface area contributed by atoms with Crippen LogP contribution in [-0.4, -0.2) is 78.7 Å². The molecule has 16 heavy (non-hydrogen) atoms. The Morgan fingerprint density at radius 2 is 2.25 bits per heavy atom. The monoisotopic (exact) mass is 232 g/mol. The number of ether oxygens (including phenoxy) is 1. The number of amides is 1. The van der Waals surface area contributed by atoms with Crippen molar-refractivity contribution in [3.05, 3.63) is 0 Å². The van der Waals surface area contributed by atoms with Gasteiger partial charge in [0.2, 0.25) is 0 Å². The Balaban J connectivity index is 2.51. The van der Waals surface area contributed by atoms with Crippen molar-refractivity contribution in [2.45, 2.75) is 18.6 Å². The zero-order valence-corrected chi connectivity index (χ0v) is 9.80. The minimum absolute atomic E-state index is 0.000112. The number of nitrogens with zero attached hydrogens (tertiary/aromatic N) is 2. The lowest BCUT2D eigenvalue weighted by Gasteiger charge is -2.25. The highest BCUT2D eigenvalue weighted by molar-refractivity contribution is 5.68. The van der Waals surface area contributed by atoms with Crippen LogP contribution in [0.3, 0.4) is 0 Å². The van der Waals surface area contributed by atoms with Crippen molar-refractivity contribution in [3.63, 3.8) is 0 Å². The SMILES string of the molecule is CN(C)CC1CC(O)CN1C(=O)OCCO. The number of hydrogen-bond acceptors (Lipinski definition) is 5. The lowest BCUT2D eigenvalue weighted by molar-refractivity contribution is 0.0744. The molecule has 2 atom stereocenters. The van der Waals surface area contributed by atoms with E-state index >= 15 is 0 Å². The molecular weight excluding hydrogens is 212 g/mol. The van der Waals surface area contributed by atoms with Crippen molar-refractivity contribution in [2.24, 2.45) is 0 Å². The predicted octanol–water partition coefficient (Wildman–Crippen LogP) is -0.888. The van der Waals surface area contributed by atoms with Crippen LogP contribution in [0.1, 0.15) is 6.42 Å². The van der Waals surface area contributed by atoms with E-state index in [9.17, 15) is 9.90 Å². The predicted molar refractivity (Wildman–Crippen MR) is 58.1 cm³/mol. The molecule has 1 heterocycles. The van der Waals surface area contributed by atoms with Crippen molar-refractivity contribution in [1.29, 1.82) is 0 Å². The van der Waals surface area contributed by atoms with E-state index in [4.69, 9.17) is 9.84 Å². The Bertz CT molecular complexity index is 235. The van der Waals surface area contributed by atoms with Crippen molar-refractivity contribution in [1.82, 2.24) is 9.80 Å². The van der Waals surface area contributed by atoms with Gasteiger partial charge in [0.25, 0.3) is 0 Å². The average molecular weight is 232 g/mol. The molecule has 1 rings (SSSR count). The van der Waals surface area contributed by atoms with Crippen LogP contribution >= 0.6 is 0 Å². The molecule has 94 valence electrons. The third-order valence-corrected chi connectivity index (χ3v) is 2.52. The van der Waals surface area contributed by atoms with Crippen LogP contribution in [0.2, 0.25) is 0 Å². The number of aliphatic hydroxyl groups excluding tert-OH is 2. The van der Waals surface area contributed by atoms with E-state index in [1.54, 1.807) is 0 Å². The summed E-state index contributed by atoms with van der Waals surface area (Å²) in [7, 11) is 3.84. The first-order valence-electron chi connectivity index (χ1n) is 5.41. The van der Waals surface area contributed by atoms with E-state index in [0.29, 0.717) is 19.5 Å². The highest BCUT2D eigenvalue weighted by atomic mass is 16.6. The molecule has 6 heteroatoms. The summed E-state index contributed by atoms with van der Waals surface area (Å²) in [5.41, 5.74) is 0. The number of hydrogen-bond donors (Lipinski definition) is 2. The topological polar surface area (TPSA) is 73.2 Å². The first-order valence-corrected chi connectivity index (χ1v) is 5.41. The van der Waals surface area contributed by atoms with E-state index in [1.165, 1.54) is 4.90 Å². The van der Waals surface area contributed by atoms with Crippen molar-refractivity contribution in [2.75, 3.05) is 40.4 Å². The molecule has 1 aliphatic rings. The zero-order valence-electron chi connectivity index (χ0n) is 9.80. The normalized spacial score (nSPS) is 25.2. The quantitative estimate of drug-likeness (QED) is 0.658. The van der Waals surface area contributed by atoms with Crippen LogP contribution in [-0.2, 0) is 4.74 Å². The summed E-state index contributed by atoms with van der Waals surface area (Å²) in [6.45, 7) is 0.828. The number of carbonyl (C=O) groups is 1. The Morgan fingerprint density at radius 3 is 2.81 bits per heavy atom. The largest absolute Gasteiger partial charge is 0.447 e. The van der Waals surface area contributed by atoms with Crippen LogP contribution in [0.15, 0.2) is 0 Å². The maximum atomic E-state index is 11.6. The van der Waals surface area contributed by atoms with Gasteiger partial charge in [0, 0.05) is 6.54 Å². The molecule has 0 bridgehead atoms. The number of aliphatic hydroxyl groups is 2. The molecule has 1 amide bonds. The molecule has 0 aliphatic carbocycles. The summed E-state index contributed by atoms with van der Waals surface area (Å²) in [4.78, 5) is 15.1. The molecule has 1 fully saturated rings. The van der Waals surface area contributed by atoms with Gasteiger partial charge < -0.3 is 24.7 Å². The highest BCUT2D eigenvalue weighted by Crippen LogP contribution is 2.19. The van der Waals surface area contributed by atoms with Gasteiger partial charge in [-0.15, -0.1) is 0 Å². The smallest absolute Gasteiger partial charge is 0.410 e. The molecule has 0 saturated carbocycles. The second-order valence-corrected chi connectivity index (χ2v) is 4.30. The van der Waals surface area contributed by atoms with E-state index < -0.39 is 12.2 Å². The molecule has 0 aromatic rings. The summed E-state index contributed by atoms with van der Waals surface area (Å²) in [5.74, 6) is 0. The summed E-state index contributed by atoms with van der Waals surface area (Å²) in [6.07, 6.45) is -0.365. The lowest BCUT2D eigenvalue weighted by atomic mass is 10.2. The van der Waals surface area contributed by atoms with Crippen LogP contribution in [0.25, 0.3) is 0 Å². The Kier molecular flexibility index (Phi) is 4.98. The molecule has 0 aromatic heterocycles. The molecular formula is C10H20N2O4. The van der Waals surface area contributed by atoms with Gasteiger partial charge in [-0.1, -0.05) is 0 Å². The number of likely N-dealkylation sites (N-methyl/N-ethyl adjacent to an activating group) is 1. The molecule has 1 saturated heterocycles. The molecule has 6 nitrogen and oxygen atoms in total. The summed E-state index contributed by atoms with van der Waals surface area (Å²) < 4.78 is 4.84. The average Bonchev–Trinajstić information content (AvgIpc) is 2.55. The minimum atomic E-state index is -0.480. The Morgan fingerprint density at radius 1 is 1.56 bits per heavy atom. The lowest BCUT2D eigenvalue weighted by Crippen LogP contribution is -2.42. The number of rotatable bonds is 4. The van der Waals surface area contributed by atoms with Gasteiger partial charge in [0.15, 0.2) is 0 Å². The summed E-state index contributed by atoms with van der Waals surface area (Å²) >= 11 is 0. The van der Waals surface area contributed by atoms with Gasteiger partial charge in [-0.25, -0.2) is 4.79 Å². The number of β-amino-alcohol motifs (C(OH)–C–C–N with tert-alkyl or cyclic N) is 1. The van der Waals surface area contributed by atoms with Crippen molar-refractivity contribution < 1.29 is 19.7 Å². The van der Waals surface area contributed by atoms with E-state index in [1.807, 2.05) is 19.0 Å². The fourth-order valence-electron chi connectivity index (χ4n) is 1.93. The molecule has 0 spiro atoms. The van der Waals surface area contributed by atoms with Gasteiger partial charge in [0.05, 0.1) is 25.3 Å². The molecule has 1 aliphatic heterocycles. The maximum absolute atomic E-state index is 11.6. The van der Waals surface area contributed by atoms with Gasteiger partial charge in [0.1, 0.15) is 6.61 Å². The standard InChI is InChI=1S/C10H20N2O4/c1-11(2)6-8-5-9(14)7-12(8)10(15)16-4-3-13/h8-9,13-14H,3-7H2,1-2H3. The van der Waals surface area contributed by atoms with E-state index in [0.717, 1.165) is 0 Å². The third-order valence-electron chi connectivity index (χ3n) is 2.52. The van der Waals surface area contributed by atoms with E-state index in [-0.39, 0.29) is 19.3 Å². The van der Waals surface area contributed by atoms with Crippen LogP contribution in [0.5, 0.6) is 0 Å². The van der Waals surface area contributed by atoms with Crippen LogP contribution in [0, 0.1) is 0 Å². The van der Waals surface area contributed by atoms with Crippen LogP contribution < -0.4 is 0 Å². The number of likely N-dealkylation sites (tertiary alicyclic amines) is 1. The second-order valence-electron chi connectivity index (χ2n) is 4.30. The zero-order chi connectivity index (χ0) is 12.1. The van der Waals surface area contributed by atoms with Gasteiger partial charge >= 0.3 is 6.09 Å². The fraction of sp³-hybridized carbons (Fsp3) is 0.900. The Labute approximate surface area is 95.4 Å². The molecule has 2 N–H and O–H groups in total. The maximum Gasteiger partial charge on any atom is 0.410 e. The fourth-order valence-corrected chi connectivity index (χ4v) is 1.93. The first-order chi connectivity index (χ1) is 7.54. The van der Waals surface area contributed by atoms with Gasteiger partial charge in [-0.3, -0.25) is 0 Å². The van der Waals surface area contributed by atoms with E-state index in [2.05, 4.69) is 0 Å². The number of carbonyl (C=O) groups excluding carboxylic acids is 1. The third kappa shape index (κ3) is 3.62. The Hall–Kier alpha value is -0.850. The minimum Gasteiger partial charge on any atom is -0.447 e. The molecule has 2 unspecified atom stereocenters. The second kappa shape index (κ2) is 6.03. The summed E-state index contributed by atoms with van der Waals surface area (Å²) in [5, 5.41) is 18.1. The van der Waals surface area contributed by atoms with Gasteiger partial charge in [-0.2, -0.15) is 0 Å². The van der Waals surface area contributed by atoms with Crippen LogP contribution in [0.4, 0.5) is 4.79 Å². The van der Waals surface area contributed by atoms with Crippen molar-refractivity contribution in [3.8, 4) is 0 Å². The van der Waals surface area contributed by atoms with Gasteiger partial charge in [-0.05, 0) is 20.5 Å². The summed E-state index contributed by atoms with van der Waals surface area (Å²) in [6, 6.07) is -0.0174. The molecule has 0 radical (unpaired) electrons. The first kappa shape index (κ1) is 13.2. The molecule has 0 aromatic carbocycles. The highest BCUT2D eigenvalue weighted by Gasteiger charge is 2.35. The van der Waals surface area contributed by atoms with Crippen molar-refractivity contribution >= 4 is 6.09 Å².